The maximum atomic E-state index is 12.9. The molecule has 4 N–H and O–H groups in total. The predicted octanol–water partition coefficient (Wildman–Crippen LogP) is 2.88. The standard InChI is InChI=1S/C21H25F3N6O3S/c1-2-3-8-25-18-15-19(30(29-28-15)14-9-11(10-31)16(32)17(14)33)27-20(26-18)34-13-6-4-12(5-7-13)21(22,23)24/h4-7,11,14,16-17,31-33H,2-3,8-10H2,1H3,(H,25,26,27)/t11?,14?,16-,17?/m1/s1. The second-order valence-corrected chi connectivity index (χ2v) is 9.23. The van der Waals surface area contributed by atoms with Crippen LogP contribution in [-0.2, 0) is 6.18 Å². The molecule has 13 heteroatoms. The van der Waals surface area contributed by atoms with Crippen molar-refractivity contribution in [3.8, 4) is 0 Å². The summed E-state index contributed by atoms with van der Waals surface area (Å²) in [5, 5.41) is 42.0. The summed E-state index contributed by atoms with van der Waals surface area (Å²) in [5.41, 5.74) is -0.0510. The van der Waals surface area contributed by atoms with Gasteiger partial charge in [0.05, 0.1) is 17.7 Å². The van der Waals surface area contributed by atoms with E-state index in [1.807, 2.05) is 6.92 Å². The molecule has 0 saturated heterocycles. The first-order valence-electron chi connectivity index (χ1n) is 10.9. The molecular formula is C21H25F3N6O3S. The lowest BCUT2D eigenvalue weighted by molar-refractivity contribution is -0.137. The number of anilines is 1. The maximum Gasteiger partial charge on any atom is 0.416 e. The molecule has 1 aliphatic carbocycles. The number of hydrogen-bond acceptors (Lipinski definition) is 9. The fraction of sp³-hybridized carbons (Fsp3) is 0.524. The van der Waals surface area contributed by atoms with Gasteiger partial charge in [-0.25, -0.2) is 14.6 Å². The monoisotopic (exact) mass is 498 g/mol. The maximum absolute atomic E-state index is 12.9. The van der Waals surface area contributed by atoms with Gasteiger partial charge in [-0.2, -0.15) is 13.2 Å². The number of hydrogen-bond donors (Lipinski definition) is 4. The number of nitrogens with one attached hydrogen (secondary N) is 1. The normalized spacial score (nSPS) is 23.0. The first-order valence-corrected chi connectivity index (χ1v) is 11.7. The van der Waals surface area contributed by atoms with Crippen molar-refractivity contribution in [2.75, 3.05) is 18.5 Å². The minimum atomic E-state index is -4.42. The third-order valence-corrected chi connectivity index (χ3v) is 6.71. The second-order valence-electron chi connectivity index (χ2n) is 8.19. The minimum Gasteiger partial charge on any atom is -0.396 e. The summed E-state index contributed by atoms with van der Waals surface area (Å²) in [5.74, 6) is -0.0879. The van der Waals surface area contributed by atoms with E-state index >= 15 is 0 Å². The first-order chi connectivity index (χ1) is 16.2. The van der Waals surface area contributed by atoms with Crippen LogP contribution in [0, 0.1) is 5.92 Å². The molecule has 9 nitrogen and oxygen atoms in total. The van der Waals surface area contributed by atoms with Crippen molar-refractivity contribution in [1.29, 1.82) is 0 Å². The number of aromatic nitrogens is 5. The van der Waals surface area contributed by atoms with Crippen molar-refractivity contribution in [3.05, 3.63) is 29.8 Å². The van der Waals surface area contributed by atoms with Gasteiger partial charge in [0.15, 0.2) is 22.1 Å². The van der Waals surface area contributed by atoms with Gasteiger partial charge < -0.3 is 20.6 Å². The molecule has 184 valence electrons. The lowest BCUT2D eigenvalue weighted by atomic mass is 10.1. The molecule has 0 aliphatic heterocycles. The zero-order valence-electron chi connectivity index (χ0n) is 18.3. The number of aliphatic hydroxyl groups is 3. The molecule has 3 aromatic rings. The van der Waals surface area contributed by atoms with Crippen LogP contribution >= 0.6 is 11.8 Å². The van der Waals surface area contributed by atoms with Crippen LogP contribution in [0.4, 0.5) is 19.0 Å². The van der Waals surface area contributed by atoms with E-state index in [0.717, 1.165) is 36.7 Å². The van der Waals surface area contributed by atoms with E-state index in [1.54, 1.807) is 0 Å². The average Bonchev–Trinajstić information content (AvgIpc) is 3.34. The molecule has 3 unspecified atom stereocenters. The molecular weight excluding hydrogens is 473 g/mol. The summed E-state index contributed by atoms with van der Waals surface area (Å²) in [4.78, 5) is 9.53. The highest BCUT2D eigenvalue weighted by atomic mass is 32.2. The lowest BCUT2D eigenvalue weighted by Crippen LogP contribution is -2.30. The SMILES string of the molecule is CCCCNc1nc(Sc2ccc(C(F)(F)F)cc2)nc2c1nnn2C1CC(CO)[C@@H](O)C1O. The van der Waals surface area contributed by atoms with E-state index in [2.05, 4.69) is 25.6 Å². The number of alkyl halides is 3. The van der Waals surface area contributed by atoms with Crippen LogP contribution in [-0.4, -0.2) is 65.6 Å². The second kappa shape index (κ2) is 10.0. The largest absolute Gasteiger partial charge is 0.416 e. The molecule has 34 heavy (non-hydrogen) atoms. The summed E-state index contributed by atoms with van der Waals surface area (Å²) < 4.78 is 40.1. The molecule has 0 amide bonds. The molecule has 1 aromatic carbocycles. The van der Waals surface area contributed by atoms with E-state index in [4.69, 9.17) is 0 Å². The van der Waals surface area contributed by atoms with Crippen LogP contribution in [0.15, 0.2) is 34.3 Å². The fourth-order valence-electron chi connectivity index (χ4n) is 3.93. The van der Waals surface area contributed by atoms with E-state index < -0.39 is 35.9 Å². The summed E-state index contributed by atoms with van der Waals surface area (Å²) in [6.45, 7) is 2.39. The van der Waals surface area contributed by atoms with Crippen molar-refractivity contribution in [2.45, 2.75) is 60.7 Å². The summed E-state index contributed by atoms with van der Waals surface area (Å²) in [6.07, 6.45) is -4.59. The molecule has 2 aromatic heterocycles. The molecule has 1 fully saturated rings. The Balaban J connectivity index is 1.70. The molecule has 0 bridgehead atoms. The Kier molecular flexibility index (Phi) is 7.26. The number of fused-ring (bicyclic) bond motifs is 1. The molecule has 0 radical (unpaired) electrons. The molecule has 0 spiro atoms. The average molecular weight is 499 g/mol. The van der Waals surface area contributed by atoms with Crippen molar-refractivity contribution in [3.63, 3.8) is 0 Å². The van der Waals surface area contributed by atoms with Gasteiger partial charge in [-0.05, 0) is 48.9 Å². The number of rotatable bonds is 8. The van der Waals surface area contributed by atoms with Crippen molar-refractivity contribution >= 4 is 28.7 Å². The topological polar surface area (TPSA) is 129 Å². The summed E-state index contributed by atoms with van der Waals surface area (Å²) >= 11 is 1.09. The van der Waals surface area contributed by atoms with Crippen LogP contribution < -0.4 is 5.32 Å². The number of nitrogens with zero attached hydrogens (tertiary/aromatic N) is 5. The molecule has 4 rings (SSSR count). The van der Waals surface area contributed by atoms with Crippen LogP contribution in [0.1, 0.15) is 37.8 Å². The van der Waals surface area contributed by atoms with Gasteiger partial charge in [-0.15, -0.1) is 5.10 Å². The molecule has 4 atom stereocenters. The third kappa shape index (κ3) is 4.97. The van der Waals surface area contributed by atoms with Crippen LogP contribution in [0.2, 0.25) is 0 Å². The summed E-state index contributed by atoms with van der Waals surface area (Å²) in [6, 6.07) is 4.05. The smallest absolute Gasteiger partial charge is 0.396 e. The van der Waals surface area contributed by atoms with Gasteiger partial charge >= 0.3 is 6.18 Å². The minimum absolute atomic E-state index is 0.265. The van der Waals surface area contributed by atoms with Crippen molar-refractivity contribution in [2.24, 2.45) is 5.92 Å². The van der Waals surface area contributed by atoms with E-state index in [-0.39, 0.29) is 18.2 Å². The highest BCUT2D eigenvalue weighted by Gasteiger charge is 2.43. The fourth-order valence-corrected chi connectivity index (χ4v) is 4.68. The number of aliphatic hydroxyl groups excluding tert-OH is 3. The van der Waals surface area contributed by atoms with Crippen LogP contribution in [0.25, 0.3) is 11.2 Å². The zero-order valence-corrected chi connectivity index (χ0v) is 19.1. The van der Waals surface area contributed by atoms with Gasteiger partial charge in [0, 0.05) is 24.0 Å². The zero-order chi connectivity index (χ0) is 24.5. The number of benzene rings is 1. The highest BCUT2D eigenvalue weighted by molar-refractivity contribution is 7.99. The van der Waals surface area contributed by atoms with Gasteiger partial charge in [-0.1, -0.05) is 18.6 Å². The van der Waals surface area contributed by atoms with Gasteiger partial charge in [0.2, 0.25) is 0 Å². The Morgan fingerprint density at radius 3 is 2.50 bits per heavy atom. The van der Waals surface area contributed by atoms with Crippen molar-refractivity contribution < 1.29 is 28.5 Å². The quantitative estimate of drug-likeness (QED) is 0.274. The number of unbranched alkanes of at least 4 members (excludes halogenated alkanes) is 1. The number of halogens is 3. The van der Waals surface area contributed by atoms with Gasteiger partial charge in [-0.3, -0.25) is 0 Å². The van der Waals surface area contributed by atoms with Crippen LogP contribution in [0.3, 0.4) is 0 Å². The first kappa shape index (κ1) is 24.6. The van der Waals surface area contributed by atoms with Crippen LogP contribution in [0.5, 0.6) is 0 Å². The van der Waals surface area contributed by atoms with E-state index in [0.29, 0.717) is 28.4 Å². The van der Waals surface area contributed by atoms with Crippen molar-refractivity contribution in [1.82, 2.24) is 25.0 Å². The Hall–Kier alpha value is -2.48. The highest BCUT2D eigenvalue weighted by Crippen LogP contribution is 2.37. The van der Waals surface area contributed by atoms with E-state index in [9.17, 15) is 28.5 Å². The Morgan fingerprint density at radius 1 is 1.15 bits per heavy atom. The Morgan fingerprint density at radius 2 is 1.88 bits per heavy atom. The summed E-state index contributed by atoms with van der Waals surface area (Å²) in [7, 11) is 0. The van der Waals surface area contributed by atoms with Gasteiger partial charge in [0.1, 0.15) is 6.10 Å². The molecule has 2 heterocycles. The molecule has 1 saturated carbocycles. The van der Waals surface area contributed by atoms with Gasteiger partial charge in [0.25, 0.3) is 0 Å². The lowest BCUT2D eigenvalue weighted by Gasteiger charge is -2.17. The predicted molar refractivity (Wildman–Crippen MR) is 118 cm³/mol. The third-order valence-electron chi connectivity index (χ3n) is 5.84. The van der Waals surface area contributed by atoms with E-state index in [1.165, 1.54) is 16.8 Å². The Labute approximate surface area is 197 Å². The Bertz CT molecular complexity index is 1130. The molecule has 1 aliphatic rings.